The minimum absolute atomic E-state index is 0.117. The molecular weight excluding hydrogens is 224 g/mol. The van der Waals surface area contributed by atoms with Crippen molar-refractivity contribution in [3.8, 4) is 0 Å². The fourth-order valence-electron chi connectivity index (χ4n) is 2.39. The van der Waals surface area contributed by atoms with Gasteiger partial charge in [0.2, 0.25) is 11.5 Å². The molecule has 1 saturated carbocycles. The molecule has 5 nitrogen and oxygen atoms in total. The van der Waals surface area contributed by atoms with Crippen molar-refractivity contribution in [1.29, 1.82) is 0 Å². The van der Waals surface area contributed by atoms with Crippen LogP contribution in [0, 0.1) is 0 Å². The Balaban J connectivity index is 2.36. The van der Waals surface area contributed by atoms with Crippen LogP contribution < -0.4 is 0 Å². The van der Waals surface area contributed by atoms with Crippen molar-refractivity contribution in [1.82, 2.24) is 0 Å². The Morgan fingerprint density at radius 3 is 2.29 bits per heavy atom. The van der Waals surface area contributed by atoms with Crippen molar-refractivity contribution in [3.05, 3.63) is 23.2 Å². The first-order valence-electron chi connectivity index (χ1n) is 5.70. The minimum Gasteiger partial charge on any atom is -0.475 e. The fraction of sp³-hybridized carbons (Fsp3) is 0.500. The SMILES string of the molecule is O=C(O)c1cc(C2CCCCC2)c(C(=O)O)o1. The van der Waals surface area contributed by atoms with Gasteiger partial charge in [-0.3, -0.25) is 0 Å². The van der Waals surface area contributed by atoms with Crippen LogP contribution >= 0.6 is 0 Å². The summed E-state index contributed by atoms with van der Waals surface area (Å²) in [7, 11) is 0. The lowest BCUT2D eigenvalue weighted by molar-refractivity contribution is 0.0630. The molecule has 1 aliphatic rings. The molecule has 17 heavy (non-hydrogen) atoms. The van der Waals surface area contributed by atoms with Crippen LogP contribution in [0.4, 0.5) is 0 Å². The van der Waals surface area contributed by atoms with Crippen molar-refractivity contribution < 1.29 is 24.2 Å². The highest BCUT2D eigenvalue weighted by Gasteiger charge is 2.27. The first-order chi connectivity index (χ1) is 8.09. The third kappa shape index (κ3) is 2.33. The van der Waals surface area contributed by atoms with Crippen LogP contribution in [0.15, 0.2) is 10.5 Å². The van der Waals surface area contributed by atoms with E-state index in [-0.39, 0.29) is 17.4 Å². The molecule has 1 aromatic heterocycles. The minimum atomic E-state index is -1.23. The van der Waals surface area contributed by atoms with Crippen LogP contribution in [-0.2, 0) is 0 Å². The number of carbonyl (C=O) groups is 2. The van der Waals surface area contributed by atoms with E-state index in [9.17, 15) is 9.59 Å². The van der Waals surface area contributed by atoms with Gasteiger partial charge in [-0.1, -0.05) is 19.3 Å². The average Bonchev–Trinajstić information content (AvgIpc) is 2.75. The van der Waals surface area contributed by atoms with Crippen molar-refractivity contribution in [2.45, 2.75) is 38.0 Å². The van der Waals surface area contributed by atoms with Crippen LogP contribution in [0.25, 0.3) is 0 Å². The Bertz CT molecular complexity index is 440. The predicted octanol–water partition coefficient (Wildman–Crippen LogP) is 2.72. The monoisotopic (exact) mass is 238 g/mol. The largest absolute Gasteiger partial charge is 0.475 e. The van der Waals surface area contributed by atoms with Gasteiger partial charge in [0, 0.05) is 5.56 Å². The molecule has 1 aliphatic carbocycles. The standard InChI is InChI=1S/C12H14O5/c13-11(14)9-6-8(10(17-9)12(15)16)7-4-2-1-3-5-7/h6-7H,1-5H2,(H,13,14)(H,15,16). The second kappa shape index (κ2) is 4.61. The first-order valence-corrected chi connectivity index (χ1v) is 5.70. The van der Waals surface area contributed by atoms with E-state index < -0.39 is 11.9 Å². The summed E-state index contributed by atoms with van der Waals surface area (Å²) in [5.41, 5.74) is 0.537. The summed E-state index contributed by atoms with van der Waals surface area (Å²) in [4.78, 5) is 21.8. The maximum Gasteiger partial charge on any atom is 0.372 e. The molecule has 1 aromatic rings. The van der Waals surface area contributed by atoms with Gasteiger partial charge in [-0.15, -0.1) is 0 Å². The van der Waals surface area contributed by atoms with E-state index in [1.165, 1.54) is 6.07 Å². The molecule has 1 fully saturated rings. The maximum absolute atomic E-state index is 11.0. The number of carboxylic acids is 2. The Kier molecular flexibility index (Phi) is 3.17. The molecule has 5 heteroatoms. The van der Waals surface area contributed by atoms with E-state index in [0.29, 0.717) is 5.56 Å². The summed E-state index contributed by atoms with van der Waals surface area (Å²) in [6, 6.07) is 1.36. The lowest BCUT2D eigenvalue weighted by Gasteiger charge is -2.20. The summed E-state index contributed by atoms with van der Waals surface area (Å²) < 4.78 is 4.89. The Morgan fingerprint density at radius 2 is 1.76 bits per heavy atom. The molecule has 1 heterocycles. The molecule has 92 valence electrons. The third-order valence-corrected chi connectivity index (χ3v) is 3.21. The average molecular weight is 238 g/mol. The van der Waals surface area contributed by atoms with E-state index >= 15 is 0 Å². The number of furan rings is 1. The number of hydrogen-bond donors (Lipinski definition) is 2. The summed E-state index contributed by atoms with van der Waals surface area (Å²) in [6.45, 7) is 0. The van der Waals surface area contributed by atoms with Crippen LogP contribution in [0.3, 0.4) is 0 Å². The van der Waals surface area contributed by atoms with Crippen LogP contribution in [-0.4, -0.2) is 22.2 Å². The Hall–Kier alpha value is -1.78. The van der Waals surface area contributed by atoms with E-state index in [4.69, 9.17) is 14.6 Å². The maximum atomic E-state index is 11.0. The lowest BCUT2D eigenvalue weighted by atomic mass is 9.84. The fourth-order valence-corrected chi connectivity index (χ4v) is 2.39. The second-order valence-electron chi connectivity index (χ2n) is 4.34. The Labute approximate surface area is 98.1 Å². The van der Waals surface area contributed by atoms with Crippen molar-refractivity contribution in [2.75, 3.05) is 0 Å². The highest BCUT2D eigenvalue weighted by molar-refractivity contribution is 5.90. The van der Waals surface area contributed by atoms with E-state index in [1.807, 2.05) is 0 Å². The molecule has 0 atom stereocenters. The molecule has 0 amide bonds. The third-order valence-electron chi connectivity index (χ3n) is 3.21. The summed E-state index contributed by atoms with van der Waals surface area (Å²) in [6.07, 6.45) is 5.06. The van der Waals surface area contributed by atoms with Crippen LogP contribution in [0.2, 0.25) is 0 Å². The van der Waals surface area contributed by atoms with E-state index in [0.717, 1.165) is 32.1 Å². The highest BCUT2D eigenvalue weighted by atomic mass is 16.4. The summed E-state index contributed by atoms with van der Waals surface area (Å²) in [5, 5.41) is 17.8. The number of aromatic carboxylic acids is 2. The molecule has 0 unspecified atom stereocenters. The van der Waals surface area contributed by atoms with Gasteiger partial charge in [0.1, 0.15) is 0 Å². The van der Waals surface area contributed by atoms with Crippen LogP contribution in [0.1, 0.15) is 64.7 Å². The molecule has 0 aliphatic heterocycles. The quantitative estimate of drug-likeness (QED) is 0.845. The molecule has 0 radical (unpaired) electrons. The van der Waals surface area contributed by atoms with Crippen molar-refractivity contribution in [3.63, 3.8) is 0 Å². The van der Waals surface area contributed by atoms with Crippen molar-refractivity contribution in [2.24, 2.45) is 0 Å². The highest BCUT2D eigenvalue weighted by Crippen LogP contribution is 2.35. The van der Waals surface area contributed by atoms with Crippen molar-refractivity contribution >= 4 is 11.9 Å². The van der Waals surface area contributed by atoms with E-state index in [1.54, 1.807) is 0 Å². The topological polar surface area (TPSA) is 87.7 Å². The number of hydrogen-bond acceptors (Lipinski definition) is 3. The smallest absolute Gasteiger partial charge is 0.372 e. The molecule has 2 rings (SSSR count). The van der Waals surface area contributed by atoms with Gasteiger partial charge in [0.05, 0.1) is 0 Å². The molecular formula is C12H14O5. The molecule has 2 N–H and O–H groups in total. The van der Waals surface area contributed by atoms with Gasteiger partial charge in [-0.2, -0.15) is 0 Å². The van der Waals surface area contributed by atoms with E-state index in [2.05, 4.69) is 0 Å². The van der Waals surface area contributed by atoms with Gasteiger partial charge >= 0.3 is 11.9 Å². The zero-order valence-electron chi connectivity index (χ0n) is 9.31. The summed E-state index contributed by atoms with van der Waals surface area (Å²) >= 11 is 0. The van der Waals surface area contributed by atoms with Gasteiger partial charge in [0.15, 0.2) is 0 Å². The van der Waals surface area contributed by atoms with Gasteiger partial charge in [-0.25, -0.2) is 9.59 Å². The molecule has 0 aromatic carbocycles. The van der Waals surface area contributed by atoms with Gasteiger partial charge in [0.25, 0.3) is 0 Å². The van der Waals surface area contributed by atoms with Crippen LogP contribution in [0.5, 0.6) is 0 Å². The number of rotatable bonds is 3. The summed E-state index contributed by atoms with van der Waals surface area (Å²) in [5.74, 6) is -2.81. The Morgan fingerprint density at radius 1 is 1.12 bits per heavy atom. The predicted molar refractivity (Wildman–Crippen MR) is 58.5 cm³/mol. The second-order valence-corrected chi connectivity index (χ2v) is 4.34. The zero-order valence-corrected chi connectivity index (χ0v) is 9.31. The first kappa shape index (κ1) is 11.7. The lowest BCUT2D eigenvalue weighted by Crippen LogP contribution is -2.08. The van der Waals surface area contributed by atoms with Gasteiger partial charge in [-0.05, 0) is 24.8 Å². The molecule has 0 saturated heterocycles. The van der Waals surface area contributed by atoms with Gasteiger partial charge < -0.3 is 14.6 Å². The number of carboxylic acid groups (broad SMARTS) is 2. The normalized spacial score (nSPS) is 16.9. The molecule has 0 spiro atoms. The molecule has 0 bridgehead atoms. The zero-order chi connectivity index (χ0) is 12.4.